The van der Waals surface area contributed by atoms with Crippen LogP contribution in [-0.4, -0.2) is 58.7 Å². The van der Waals surface area contributed by atoms with E-state index in [-0.39, 0.29) is 41.1 Å². The lowest BCUT2D eigenvalue weighted by Crippen LogP contribution is -2.64. The van der Waals surface area contributed by atoms with E-state index in [1.165, 1.54) is 40.7 Å². The third-order valence-corrected chi connectivity index (χ3v) is 8.59. The minimum Gasteiger partial charge on any atom is -0.493 e. The number of rotatable bonds is 9. The van der Waals surface area contributed by atoms with Crippen molar-refractivity contribution in [1.29, 1.82) is 0 Å². The predicted octanol–water partition coefficient (Wildman–Crippen LogP) is 4.38. The van der Waals surface area contributed by atoms with Gasteiger partial charge in [-0.05, 0) is 42.7 Å². The Morgan fingerprint density at radius 3 is 2.71 bits per heavy atom. The molecule has 1 atom stereocenters. The summed E-state index contributed by atoms with van der Waals surface area (Å²) in [6, 6.07) is 8.36. The van der Waals surface area contributed by atoms with Crippen LogP contribution in [0.5, 0.6) is 5.75 Å². The van der Waals surface area contributed by atoms with Crippen molar-refractivity contribution < 1.29 is 22.3 Å². The van der Waals surface area contributed by atoms with Crippen molar-refractivity contribution in [3.05, 3.63) is 63.7 Å². The molecule has 1 N–H and O–H groups in total. The lowest BCUT2D eigenvalue weighted by atomic mass is 9.82. The van der Waals surface area contributed by atoms with Gasteiger partial charge in [-0.2, -0.15) is 4.31 Å². The first kappa shape index (κ1) is 25.2. The summed E-state index contributed by atoms with van der Waals surface area (Å²) in [6.07, 6.45) is 0.985. The maximum Gasteiger partial charge on any atom is 0.244 e. The molecule has 2 aliphatic rings. The second-order valence-electron chi connectivity index (χ2n) is 8.72. The lowest BCUT2D eigenvalue weighted by Gasteiger charge is -2.49. The molecule has 0 radical (unpaired) electrons. The zero-order chi connectivity index (χ0) is 24.3. The average molecular weight is 528 g/mol. The van der Waals surface area contributed by atoms with Crippen LogP contribution < -0.4 is 10.1 Å². The Kier molecular flexibility index (Phi) is 7.67. The molecule has 2 heterocycles. The van der Waals surface area contributed by atoms with E-state index >= 15 is 0 Å². The fraction of sp³-hybridized carbons (Fsp3) is 0.435. The second kappa shape index (κ2) is 10.4. The second-order valence-corrected chi connectivity index (χ2v) is 11.5. The number of nitrogens with one attached hydrogen (secondary N) is 1. The Bertz CT molecular complexity index is 1190. The minimum atomic E-state index is -3.81. The zero-order valence-corrected chi connectivity index (χ0v) is 20.6. The van der Waals surface area contributed by atoms with Crippen LogP contribution in [0.4, 0.5) is 10.1 Å². The van der Waals surface area contributed by atoms with Gasteiger partial charge in [0.05, 0.1) is 24.8 Å². The van der Waals surface area contributed by atoms with Crippen LogP contribution in [0.3, 0.4) is 0 Å². The van der Waals surface area contributed by atoms with E-state index in [9.17, 15) is 12.8 Å². The fourth-order valence-electron chi connectivity index (χ4n) is 4.14. The molecule has 0 bridgehead atoms. The van der Waals surface area contributed by atoms with E-state index in [1.54, 1.807) is 0 Å². The van der Waals surface area contributed by atoms with Crippen LogP contribution in [-0.2, 0) is 14.8 Å². The highest BCUT2D eigenvalue weighted by molar-refractivity contribution is 7.89. The van der Waals surface area contributed by atoms with Crippen molar-refractivity contribution >= 4 is 38.9 Å². The van der Waals surface area contributed by atoms with Gasteiger partial charge in [0.2, 0.25) is 15.7 Å². The van der Waals surface area contributed by atoms with Gasteiger partial charge in [0.1, 0.15) is 16.5 Å². The molecule has 4 rings (SSSR count). The van der Waals surface area contributed by atoms with Crippen molar-refractivity contribution in [1.82, 2.24) is 9.62 Å². The van der Waals surface area contributed by atoms with Crippen LogP contribution >= 0.6 is 23.2 Å². The highest BCUT2D eigenvalue weighted by Gasteiger charge is 2.49. The fourth-order valence-corrected chi connectivity index (χ4v) is 6.55. The van der Waals surface area contributed by atoms with Gasteiger partial charge in [0, 0.05) is 49.3 Å². The molecule has 0 aromatic heterocycles. The van der Waals surface area contributed by atoms with Crippen molar-refractivity contribution in [2.45, 2.75) is 11.3 Å². The van der Waals surface area contributed by atoms with E-state index in [4.69, 9.17) is 39.2 Å². The summed E-state index contributed by atoms with van der Waals surface area (Å²) >= 11 is 12.1. The van der Waals surface area contributed by atoms with Gasteiger partial charge in [0.25, 0.3) is 0 Å². The average Bonchev–Trinajstić information content (AvgIpc) is 3.28. The molecule has 7 nitrogen and oxygen atoms in total. The maximum absolute atomic E-state index is 14.0. The molecule has 2 fully saturated rings. The van der Waals surface area contributed by atoms with Crippen LogP contribution in [0.15, 0.2) is 41.3 Å². The number of nitrogens with zero attached hydrogens (tertiary/aromatic N) is 2. The number of hydrogen-bond acceptors (Lipinski definition) is 5. The standard InChI is InChI=1S/C23H24Cl2FN3O4S/c1-27-21-4-3-18(9-20(21)26)33-15-23(12-28-10-16-6-7-32-11-16)13-29(14-23)34(30,31)22-5-2-17(24)8-19(22)25/h2-5,8-9,16,28H,6-7,10-15H2. The molecule has 1 unspecified atom stereocenters. The van der Waals surface area contributed by atoms with E-state index in [2.05, 4.69) is 10.2 Å². The first-order valence-corrected chi connectivity index (χ1v) is 13.0. The van der Waals surface area contributed by atoms with Crippen molar-refractivity contribution in [2.24, 2.45) is 11.3 Å². The van der Waals surface area contributed by atoms with Crippen molar-refractivity contribution in [3.8, 4) is 5.75 Å². The summed E-state index contributed by atoms with van der Waals surface area (Å²) in [5.74, 6) is 0.0487. The number of ether oxygens (including phenoxy) is 2. The first-order valence-electron chi connectivity index (χ1n) is 10.8. The van der Waals surface area contributed by atoms with Crippen molar-refractivity contribution in [2.75, 3.05) is 46.0 Å². The Morgan fingerprint density at radius 2 is 2.06 bits per heavy atom. The Hall–Kier alpha value is -1.93. The SMILES string of the molecule is [C-]#[N+]c1ccc(OCC2(CNCC3CCOC3)CN(S(=O)(=O)c3ccc(Cl)cc3Cl)C2)cc1F. The summed E-state index contributed by atoms with van der Waals surface area (Å²) in [7, 11) is -3.81. The summed E-state index contributed by atoms with van der Waals surface area (Å²) in [5, 5.41) is 3.85. The molecular weight excluding hydrogens is 504 g/mol. The molecule has 0 saturated carbocycles. The third kappa shape index (κ3) is 5.48. The van der Waals surface area contributed by atoms with E-state index in [1.807, 2.05) is 0 Å². The molecule has 2 aliphatic heterocycles. The van der Waals surface area contributed by atoms with Gasteiger partial charge in [-0.25, -0.2) is 17.7 Å². The predicted molar refractivity (Wildman–Crippen MR) is 128 cm³/mol. The van der Waals surface area contributed by atoms with Crippen LogP contribution in [0.1, 0.15) is 6.42 Å². The number of benzene rings is 2. The summed E-state index contributed by atoms with van der Waals surface area (Å²) < 4.78 is 52.9. The largest absolute Gasteiger partial charge is 0.493 e. The van der Waals surface area contributed by atoms with Gasteiger partial charge in [-0.3, -0.25) is 0 Å². The molecule has 2 saturated heterocycles. The van der Waals surface area contributed by atoms with E-state index < -0.39 is 21.3 Å². The third-order valence-electron chi connectivity index (χ3n) is 6.08. The molecule has 2 aromatic rings. The van der Waals surface area contributed by atoms with E-state index in [0.717, 1.165) is 19.6 Å². The first-order chi connectivity index (χ1) is 16.2. The monoisotopic (exact) mass is 527 g/mol. The molecule has 0 aliphatic carbocycles. The van der Waals surface area contributed by atoms with Gasteiger partial charge >= 0.3 is 0 Å². The lowest BCUT2D eigenvalue weighted by molar-refractivity contribution is 0.0186. The molecule has 0 spiro atoms. The summed E-state index contributed by atoms with van der Waals surface area (Å²) in [6.45, 7) is 10.3. The molecule has 182 valence electrons. The van der Waals surface area contributed by atoms with Crippen LogP contribution in [0, 0.1) is 23.7 Å². The highest BCUT2D eigenvalue weighted by atomic mass is 35.5. The number of halogens is 3. The topological polar surface area (TPSA) is 72.2 Å². The molecule has 11 heteroatoms. The quantitative estimate of drug-likeness (QED) is 0.490. The Labute approximate surface area is 208 Å². The van der Waals surface area contributed by atoms with E-state index in [0.29, 0.717) is 24.1 Å². The Balaban J connectivity index is 1.46. The number of hydrogen-bond donors (Lipinski definition) is 1. The molecule has 34 heavy (non-hydrogen) atoms. The molecule has 0 amide bonds. The normalized spacial score (nSPS) is 20.0. The minimum absolute atomic E-state index is 0.000882. The zero-order valence-electron chi connectivity index (χ0n) is 18.3. The van der Waals surface area contributed by atoms with Gasteiger partial charge in [-0.1, -0.05) is 23.2 Å². The van der Waals surface area contributed by atoms with Crippen LogP contribution in [0.2, 0.25) is 10.0 Å². The molecule has 2 aromatic carbocycles. The summed E-state index contributed by atoms with van der Waals surface area (Å²) in [5.41, 5.74) is -0.594. The summed E-state index contributed by atoms with van der Waals surface area (Å²) in [4.78, 5) is 3.11. The number of sulfonamides is 1. The highest BCUT2D eigenvalue weighted by Crippen LogP contribution is 2.38. The molecular formula is C23H24Cl2FN3O4S. The van der Waals surface area contributed by atoms with Crippen molar-refractivity contribution in [3.63, 3.8) is 0 Å². The van der Waals surface area contributed by atoms with Gasteiger partial charge in [0.15, 0.2) is 0 Å². The van der Waals surface area contributed by atoms with Gasteiger partial charge < -0.3 is 14.8 Å². The maximum atomic E-state index is 14.0. The smallest absolute Gasteiger partial charge is 0.244 e. The van der Waals surface area contributed by atoms with Gasteiger partial charge in [-0.15, -0.1) is 0 Å². The Morgan fingerprint density at radius 1 is 1.26 bits per heavy atom. The van der Waals surface area contributed by atoms with Crippen LogP contribution in [0.25, 0.3) is 4.85 Å².